The molecule has 1 aliphatic rings. The number of nitrogens with one attached hydrogen (secondary N) is 11. The summed E-state index contributed by atoms with van der Waals surface area (Å²) in [6, 6.07) is -14.5. The van der Waals surface area contributed by atoms with Crippen LogP contribution in [0.5, 0.6) is 0 Å². The van der Waals surface area contributed by atoms with Gasteiger partial charge in [-0.2, -0.15) is 8.42 Å². The van der Waals surface area contributed by atoms with Gasteiger partial charge in [-0.1, -0.05) is 60.8 Å². The molecule has 0 aromatic heterocycles. The average Bonchev–Trinajstić information content (AvgIpc) is 2.81. The smallest absolute Gasteiger partial charge is 0.391 e. The summed E-state index contributed by atoms with van der Waals surface area (Å²) < 4.78 is 31.6. The first-order valence-electron chi connectivity index (χ1n) is 29.5. The van der Waals surface area contributed by atoms with Crippen LogP contribution in [0, 0.1) is 17.8 Å². The first-order valence-corrected chi connectivity index (χ1v) is 30.9. The van der Waals surface area contributed by atoms with Gasteiger partial charge >= 0.3 is 10.4 Å². The van der Waals surface area contributed by atoms with Gasteiger partial charge < -0.3 is 97.4 Å². The Labute approximate surface area is 509 Å². The number of rotatable bonds is 29. The molecule has 34 heteroatoms. The Morgan fingerprint density at radius 1 is 0.540 bits per heavy atom. The maximum atomic E-state index is 14.4. The summed E-state index contributed by atoms with van der Waals surface area (Å²) in [5.74, 6) is -9.49. The van der Waals surface area contributed by atoms with Crippen LogP contribution >= 0.6 is 0 Å². The maximum Gasteiger partial charge on any atom is 0.394 e. The summed E-state index contributed by atoms with van der Waals surface area (Å²) in [4.78, 5) is 153. The monoisotopic (exact) mass is 1270 g/mol. The zero-order chi connectivity index (χ0) is 66.7. The number of nitrogens with two attached hydrogens (primary N) is 5. The number of unbranched alkanes of at least 4 members (excludes halogenated alkanes) is 1. The Bertz CT molecular complexity index is 2310. The predicted molar refractivity (Wildman–Crippen MR) is 320 cm³/mol. The summed E-state index contributed by atoms with van der Waals surface area (Å²) in [5, 5.41) is 49.5. The molecule has 33 nitrogen and oxygen atoms in total. The van der Waals surface area contributed by atoms with Crippen LogP contribution < -0.4 is 87.2 Å². The second-order valence-corrected chi connectivity index (χ2v) is 23.3. The van der Waals surface area contributed by atoms with Gasteiger partial charge in [0.05, 0.1) is 12.2 Å². The van der Waals surface area contributed by atoms with E-state index in [-0.39, 0.29) is 95.9 Å². The zero-order valence-corrected chi connectivity index (χ0v) is 52.3. The van der Waals surface area contributed by atoms with Crippen molar-refractivity contribution in [3.63, 3.8) is 0 Å². The standard InChI is InChI=1S/C53H100N16O13.H2O4S/c1-9-30(6)12-10-11-13-41(72)60-33(14-20-54)48(77)69-43(32(8)71)53(82)65-36(17-23-57)45(74)64-38-19-25-59-52(81)42(31(7)70)68-49(78)37(18-24-58)62-44(73)34(15-21-55)63-50(79)39(26-28(2)3)67-51(80)40(27-29(4)5)66-46(75)35(16-22-56)61-47(38)76;1-5(2,3)4/h28-40,42-43,70-71H,9-27,54-58H2,1-8H3,(H,59,81)(H,60,72)(H,61,76)(H,62,73)(H,63,79)(H,64,74)(H,65,82)(H,66,75)(H,67,80)(H,68,78)(H,69,77);(H2,1,2,3,4)/t30-,31-,32-,33+,34+,35?,36+,37+,38?,39?,40-,42?,43+;/m1./s1. The average molecular weight is 1270 g/mol. The molecule has 0 bridgehead atoms. The van der Waals surface area contributed by atoms with E-state index in [4.69, 9.17) is 46.2 Å². The Balaban J connectivity index is 0.0000141. The minimum Gasteiger partial charge on any atom is -0.391 e. The number of aliphatic hydroxyl groups is 2. The van der Waals surface area contributed by atoms with Crippen LogP contribution in [0.15, 0.2) is 0 Å². The van der Waals surface area contributed by atoms with E-state index in [1.807, 2.05) is 0 Å². The molecule has 0 aliphatic carbocycles. The van der Waals surface area contributed by atoms with Gasteiger partial charge in [0.2, 0.25) is 65.0 Å². The Kier molecular flexibility index (Phi) is 39.6. The van der Waals surface area contributed by atoms with Gasteiger partial charge in [0.25, 0.3) is 0 Å². The molecule has 4 unspecified atom stereocenters. The molecule has 1 aliphatic heterocycles. The van der Waals surface area contributed by atoms with E-state index >= 15 is 0 Å². The van der Waals surface area contributed by atoms with Crippen LogP contribution in [-0.4, -0.2) is 205 Å². The Hall–Kier alpha value is -6.24. The van der Waals surface area contributed by atoms with Crippen molar-refractivity contribution >= 4 is 75.4 Å². The largest absolute Gasteiger partial charge is 0.394 e. The second kappa shape index (κ2) is 42.6. The number of carbonyl (C=O) groups is 11. The van der Waals surface area contributed by atoms with Crippen LogP contribution in [0.2, 0.25) is 0 Å². The van der Waals surface area contributed by atoms with Crippen molar-refractivity contribution in [2.75, 3.05) is 39.3 Å². The first kappa shape index (κ1) is 80.8. The van der Waals surface area contributed by atoms with Crippen LogP contribution in [0.3, 0.4) is 0 Å². The summed E-state index contributed by atoms with van der Waals surface area (Å²) in [6.45, 7) is 12.6. The molecule has 13 atom stereocenters. The fraction of sp³-hybridized carbons (Fsp3) is 0.792. The molecule has 0 radical (unpaired) electrons. The van der Waals surface area contributed by atoms with Crippen molar-refractivity contribution in [2.45, 2.75) is 211 Å². The maximum absolute atomic E-state index is 14.4. The summed E-state index contributed by atoms with van der Waals surface area (Å²) in [7, 11) is -4.67. The number of amides is 11. The van der Waals surface area contributed by atoms with Crippen molar-refractivity contribution in [3.8, 4) is 0 Å². The third-order valence-electron chi connectivity index (χ3n) is 13.7. The first-order chi connectivity index (χ1) is 40.7. The zero-order valence-electron chi connectivity index (χ0n) is 51.5. The van der Waals surface area contributed by atoms with Crippen molar-refractivity contribution < 1.29 is 80.5 Å². The van der Waals surface area contributed by atoms with Crippen molar-refractivity contribution in [2.24, 2.45) is 46.4 Å². The molecule has 87 heavy (non-hydrogen) atoms. The Morgan fingerprint density at radius 3 is 1.36 bits per heavy atom. The van der Waals surface area contributed by atoms with E-state index in [9.17, 15) is 63.0 Å². The summed E-state index contributed by atoms with van der Waals surface area (Å²) >= 11 is 0. The highest BCUT2D eigenvalue weighted by molar-refractivity contribution is 7.79. The molecule has 1 rings (SSSR count). The van der Waals surface area contributed by atoms with E-state index in [1.165, 1.54) is 13.8 Å². The molecule has 0 saturated carbocycles. The second-order valence-electron chi connectivity index (χ2n) is 22.4. The van der Waals surface area contributed by atoms with Gasteiger partial charge in [-0.25, -0.2) is 0 Å². The molecular formula is C53H102N16O17S. The van der Waals surface area contributed by atoms with Gasteiger partial charge in [-0.3, -0.25) is 61.8 Å². The van der Waals surface area contributed by atoms with E-state index in [0.29, 0.717) is 12.3 Å². The van der Waals surface area contributed by atoms with Gasteiger partial charge in [0.1, 0.15) is 60.4 Å². The SMILES string of the molecule is CC[C@@H](C)CCCCC(=O)N[C@@H](CCN)C(=O)N[C@H](C(=O)N[C@@H](CCN)C(=O)NC1CCNC(=O)C([C@@H](C)O)NC(=O)[C@H](CCN)NC(=O)[C@H](CCN)NC(=O)C(CC(C)C)NC(=O)[C@@H](CC(C)C)NC(=O)C(CCN)NC1=O)[C@@H](C)O.O=S(=O)(O)O. The highest BCUT2D eigenvalue weighted by atomic mass is 32.3. The lowest BCUT2D eigenvalue weighted by molar-refractivity contribution is -0.137. The molecule has 1 heterocycles. The molecule has 0 spiro atoms. The number of hydrogen-bond donors (Lipinski definition) is 20. The van der Waals surface area contributed by atoms with Crippen molar-refractivity contribution in [1.82, 2.24) is 58.5 Å². The Morgan fingerprint density at radius 2 is 0.954 bits per heavy atom. The molecular weight excluding hydrogens is 1160 g/mol. The molecule has 11 amide bonds. The molecule has 1 saturated heterocycles. The number of carbonyl (C=O) groups excluding carboxylic acids is 11. The van der Waals surface area contributed by atoms with E-state index in [2.05, 4.69) is 72.3 Å². The molecule has 1 fully saturated rings. The minimum atomic E-state index is -4.67. The molecule has 25 N–H and O–H groups in total. The fourth-order valence-electron chi connectivity index (χ4n) is 8.76. The van der Waals surface area contributed by atoms with Crippen LogP contribution in [-0.2, 0) is 63.1 Å². The highest BCUT2D eigenvalue weighted by Crippen LogP contribution is 2.14. The van der Waals surface area contributed by atoms with E-state index < -0.39 is 161 Å². The van der Waals surface area contributed by atoms with Crippen LogP contribution in [0.1, 0.15) is 139 Å². The van der Waals surface area contributed by atoms with E-state index in [1.54, 1.807) is 27.7 Å². The third-order valence-corrected chi connectivity index (χ3v) is 13.7. The summed E-state index contributed by atoms with van der Waals surface area (Å²) in [5.41, 5.74) is 29.2. The van der Waals surface area contributed by atoms with Crippen molar-refractivity contribution in [1.29, 1.82) is 0 Å². The quantitative estimate of drug-likeness (QED) is 0.0245. The lowest BCUT2D eigenvalue weighted by Crippen LogP contribution is -2.62. The fourth-order valence-corrected chi connectivity index (χ4v) is 8.76. The third kappa shape index (κ3) is 33.6. The topological polar surface area (TPSA) is 565 Å². The van der Waals surface area contributed by atoms with Crippen LogP contribution in [0.4, 0.5) is 0 Å². The van der Waals surface area contributed by atoms with Gasteiger partial charge in [0.15, 0.2) is 0 Å². The number of aliphatic hydroxyl groups excluding tert-OH is 2. The lowest BCUT2D eigenvalue weighted by atomic mass is 9.99. The normalized spacial score (nSPS) is 22.7. The van der Waals surface area contributed by atoms with Gasteiger partial charge in [-0.15, -0.1) is 0 Å². The molecule has 0 aromatic carbocycles. The predicted octanol–water partition coefficient (Wildman–Crippen LogP) is -6.09. The molecule has 502 valence electrons. The highest BCUT2D eigenvalue weighted by Gasteiger charge is 2.37. The van der Waals surface area contributed by atoms with Crippen LogP contribution in [0.25, 0.3) is 0 Å². The van der Waals surface area contributed by atoms with E-state index in [0.717, 1.165) is 19.3 Å². The number of hydrogen-bond acceptors (Lipinski definition) is 20. The van der Waals surface area contributed by atoms with Gasteiger partial charge in [0, 0.05) is 13.0 Å². The molecule has 0 aromatic rings. The van der Waals surface area contributed by atoms with Crippen molar-refractivity contribution in [3.05, 3.63) is 0 Å². The van der Waals surface area contributed by atoms with Gasteiger partial charge in [-0.05, 0) is 122 Å². The lowest BCUT2D eigenvalue weighted by Gasteiger charge is -2.29. The summed E-state index contributed by atoms with van der Waals surface area (Å²) in [6.07, 6.45) is -0.760. The minimum absolute atomic E-state index is 0.0131.